The molecule has 2 rings (SSSR count). The van der Waals surface area contributed by atoms with E-state index >= 15 is 0 Å². The number of hydrazone groups is 1. The number of nitrogens with one attached hydrogen (secondary N) is 1. The van der Waals surface area contributed by atoms with Crippen molar-refractivity contribution in [1.82, 2.24) is 5.43 Å². The Balaban J connectivity index is 1.97. The molecule has 0 spiro atoms. The first kappa shape index (κ1) is 20.0. The molecule has 0 saturated carbocycles. The van der Waals surface area contributed by atoms with E-state index in [9.17, 15) is 4.79 Å². The van der Waals surface area contributed by atoms with Gasteiger partial charge in [0.15, 0.2) is 6.61 Å². The minimum atomic E-state index is -0.251. The van der Waals surface area contributed by atoms with Crippen LogP contribution in [0.5, 0.6) is 5.75 Å². The highest BCUT2D eigenvalue weighted by Gasteiger charge is 2.19. The topological polar surface area (TPSA) is 50.7 Å². The zero-order valence-corrected chi connectivity index (χ0v) is 16.6. The SMILES string of the molecule is C=C(C)[C@H]1CC=C(C)C(=NNC(=O)COc2cc(C)ccc2C(C)C)C1. The Bertz CT molecular complexity index is 745. The molecule has 1 amide bonds. The van der Waals surface area contributed by atoms with Crippen molar-refractivity contribution >= 4 is 11.6 Å². The summed E-state index contributed by atoms with van der Waals surface area (Å²) >= 11 is 0. The summed E-state index contributed by atoms with van der Waals surface area (Å²) in [6, 6.07) is 6.09. The Morgan fingerprint density at radius 2 is 2.12 bits per heavy atom. The summed E-state index contributed by atoms with van der Waals surface area (Å²) < 4.78 is 5.76. The fourth-order valence-electron chi connectivity index (χ4n) is 2.97. The Kier molecular flexibility index (Phi) is 6.78. The number of carbonyl (C=O) groups is 1. The van der Waals surface area contributed by atoms with Crippen molar-refractivity contribution in [3.05, 3.63) is 53.1 Å². The zero-order chi connectivity index (χ0) is 19.3. The minimum Gasteiger partial charge on any atom is -0.483 e. The Morgan fingerprint density at radius 1 is 1.38 bits per heavy atom. The van der Waals surface area contributed by atoms with E-state index in [1.54, 1.807) is 0 Å². The molecule has 1 aromatic rings. The molecule has 1 aromatic carbocycles. The predicted molar refractivity (Wildman–Crippen MR) is 108 cm³/mol. The van der Waals surface area contributed by atoms with Gasteiger partial charge in [-0.1, -0.05) is 44.2 Å². The number of amides is 1. The van der Waals surface area contributed by atoms with Crippen molar-refractivity contribution < 1.29 is 9.53 Å². The Hall–Kier alpha value is -2.36. The lowest BCUT2D eigenvalue weighted by atomic mass is 9.85. The normalized spacial score (nSPS) is 18.6. The van der Waals surface area contributed by atoms with Gasteiger partial charge in [-0.15, -0.1) is 0 Å². The molecule has 140 valence electrons. The number of hydrogen-bond acceptors (Lipinski definition) is 3. The van der Waals surface area contributed by atoms with E-state index in [4.69, 9.17) is 4.74 Å². The molecule has 1 aliphatic carbocycles. The van der Waals surface area contributed by atoms with Gasteiger partial charge in [0.25, 0.3) is 5.91 Å². The van der Waals surface area contributed by atoms with E-state index in [1.807, 2.05) is 26.8 Å². The summed E-state index contributed by atoms with van der Waals surface area (Å²) in [4.78, 5) is 12.2. The second kappa shape index (κ2) is 8.84. The highest BCUT2D eigenvalue weighted by atomic mass is 16.5. The lowest BCUT2D eigenvalue weighted by Crippen LogP contribution is -2.27. The Labute approximate surface area is 157 Å². The fourth-order valence-corrected chi connectivity index (χ4v) is 2.97. The number of rotatable bonds is 6. The van der Waals surface area contributed by atoms with Crippen molar-refractivity contribution in [1.29, 1.82) is 0 Å². The standard InChI is InChI=1S/C22H30N2O2/c1-14(2)18-9-8-17(6)20(12-18)23-24-22(25)13-26-21-11-16(5)7-10-19(21)15(3)4/h7-8,10-11,15,18H,1,9,12-13H2,2-6H3,(H,24,25)/t18-/m0/s1. The molecular weight excluding hydrogens is 324 g/mol. The van der Waals surface area contributed by atoms with Crippen LogP contribution in [0.2, 0.25) is 0 Å². The van der Waals surface area contributed by atoms with Gasteiger partial charge in [0.2, 0.25) is 0 Å². The van der Waals surface area contributed by atoms with E-state index in [0.717, 1.165) is 46.6 Å². The summed E-state index contributed by atoms with van der Waals surface area (Å²) in [6.45, 7) is 14.3. The van der Waals surface area contributed by atoms with Gasteiger partial charge in [-0.2, -0.15) is 5.10 Å². The quantitative estimate of drug-likeness (QED) is 0.583. The highest BCUT2D eigenvalue weighted by molar-refractivity contribution is 6.01. The van der Waals surface area contributed by atoms with Crippen molar-refractivity contribution in [2.75, 3.05) is 6.61 Å². The molecular formula is C22H30N2O2. The van der Waals surface area contributed by atoms with Gasteiger partial charge in [-0.25, -0.2) is 5.43 Å². The van der Waals surface area contributed by atoms with E-state index in [0.29, 0.717) is 11.8 Å². The molecule has 0 fully saturated rings. The first-order chi connectivity index (χ1) is 12.3. The number of hydrogen-bond donors (Lipinski definition) is 1. The van der Waals surface area contributed by atoms with Crippen LogP contribution in [0.3, 0.4) is 0 Å². The van der Waals surface area contributed by atoms with Gasteiger partial charge in [-0.05, 0) is 68.2 Å². The first-order valence-electron chi connectivity index (χ1n) is 9.19. The molecule has 0 heterocycles. The van der Waals surface area contributed by atoms with Gasteiger partial charge in [0.05, 0.1) is 5.71 Å². The molecule has 4 nitrogen and oxygen atoms in total. The third-order valence-corrected chi connectivity index (χ3v) is 4.77. The van der Waals surface area contributed by atoms with Crippen molar-refractivity contribution in [2.24, 2.45) is 11.0 Å². The molecule has 0 aliphatic heterocycles. The largest absolute Gasteiger partial charge is 0.483 e. The molecule has 0 bridgehead atoms. The van der Waals surface area contributed by atoms with Crippen LogP contribution in [-0.4, -0.2) is 18.2 Å². The molecule has 0 aromatic heterocycles. The van der Waals surface area contributed by atoms with E-state index < -0.39 is 0 Å². The van der Waals surface area contributed by atoms with Crippen LogP contribution in [0.25, 0.3) is 0 Å². The number of nitrogens with zero attached hydrogens (tertiary/aromatic N) is 1. The van der Waals surface area contributed by atoms with E-state index in [2.05, 4.69) is 49.2 Å². The van der Waals surface area contributed by atoms with Crippen LogP contribution >= 0.6 is 0 Å². The van der Waals surface area contributed by atoms with Crippen LogP contribution in [0.15, 0.2) is 47.1 Å². The van der Waals surface area contributed by atoms with Crippen molar-refractivity contribution in [3.8, 4) is 5.75 Å². The smallest absolute Gasteiger partial charge is 0.277 e. The summed E-state index contributed by atoms with van der Waals surface area (Å²) in [5.74, 6) is 1.24. The Morgan fingerprint density at radius 3 is 2.77 bits per heavy atom. The molecule has 0 saturated heterocycles. The monoisotopic (exact) mass is 354 g/mol. The molecule has 1 atom stereocenters. The first-order valence-corrected chi connectivity index (χ1v) is 9.19. The van der Waals surface area contributed by atoms with Crippen LogP contribution in [0.4, 0.5) is 0 Å². The van der Waals surface area contributed by atoms with Crippen molar-refractivity contribution in [3.63, 3.8) is 0 Å². The lowest BCUT2D eigenvalue weighted by Gasteiger charge is -2.22. The average Bonchev–Trinajstić information content (AvgIpc) is 2.58. The number of benzene rings is 1. The van der Waals surface area contributed by atoms with Crippen LogP contribution in [0.1, 0.15) is 57.6 Å². The second-order valence-electron chi connectivity index (χ2n) is 7.45. The van der Waals surface area contributed by atoms with Gasteiger partial charge < -0.3 is 4.74 Å². The minimum absolute atomic E-state index is 0.0490. The second-order valence-corrected chi connectivity index (χ2v) is 7.45. The predicted octanol–water partition coefficient (Wildman–Crippen LogP) is 4.90. The maximum absolute atomic E-state index is 12.2. The van der Waals surface area contributed by atoms with Gasteiger partial charge in [-0.3, -0.25) is 4.79 Å². The molecule has 1 aliphatic rings. The highest BCUT2D eigenvalue weighted by Crippen LogP contribution is 2.28. The van der Waals surface area contributed by atoms with Gasteiger partial charge in [0, 0.05) is 0 Å². The fraction of sp³-hybridized carbons (Fsp3) is 0.455. The number of ether oxygens (including phenoxy) is 1. The summed E-state index contributed by atoms with van der Waals surface area (Å²) in [6.07, 6.45) is 3.96. The van der Waals surface area contributed by atoms with E-state index in [1.165, 1.54) is 0 Å². The van der Waals surface area contributed by atoms with Crippen molar-refractivity contribution in [2.45, 2.75) is 53.4 Å². The third kappa shape index (κ3) is 5.32. The van der Waals surface area contributed by atoms with Gasteiger partial charge in [0.1, 0.15) is 5.75 Å². The molecule has 1 N–H and O–H groups in total. The van der Waals surface area contributed by atoms with Crippen LogP contribution in [0, 0.1) is 12.8 Å². The summed E-state index contributed by atoms with van der Waals surface area (Å²) in [5.41, 5.74) is 8.02. The number of allylic oxidation sites excluding steroid dienone is 3. The molecule has 4 heteroatoms. The summed E-state index contributed by atoms with van der Waals surface area (Å²) in [5, 5.41) is 4.31. The average molecular weight is 354 g/mol. The maximum atomic E-state index is 12.2. The maximum Gasteiger partial charge on any atom is 0.277 e. The van der Waals surface area contributed by atoms with Crippen LogP contribution < -0.4 is 10.2 Å². The summed E-state index contributed by atoms with van der Waals surface area (Å²) in [7, 11) is 0. The van der Waals surface area contributed by atoms with Gasteiger partial charge >= 0.3 is 0 Å². The van der Waals surface area contributed by atoms with E-state index in [-0.39, 0.29) is 12.5 Å². The number of aryl methyl sites for hydroxylation is 1. The van der Waals surface area contributed by atoms with Crippen LogP contribution in [-0.2, 0) is 4.79 Å². The third-order valence-electron chi connectivity index (χ3n) is 4.77. The molecule has 0 unspecified atom stereocenters. The molecule has 26 heavy (non-hydrogen) atoms. The number of carbonyl (C=O) groups excluding carboxylic acids is 1. The molecule has 0 radical (unpaired) electrons. The lowest BCUT2D eigenvalue weighted by molar-refractivity contribution is -0.123. The zero-order valence-electron chi connectivity index (χ0n) is 16.6.